The molecule has 1 aliphatic rings. The molecule has 1 saturated heterocycles. The van der Waals surface area contributed by atoms with E-state index in [0.29, 0.717) is 0 Å². The standard InChI is InChI=1S/C14H27N3O/c1-6-16-12(9-15)7-8-17-10-13(2,3)18-14(4,5)11-17/h12,16H,6-8,10-11H2,1-5H3. The van der Waals surface area contributed by atoms with E-state index < -0.39 is 0 Å². The Morgan fingerprint density at radius 3 is 2.28 bits per heavy atom. The average Bonchev–Trinajstić information content (AvgIpc) is 2.19. The van der Waals surface area contributed by atoms with E-state index >= 15 is 0 Å². The molecule has 0 aromatic carbocycles. The van der Waals surface area contributed by atoms with Gasteiger partial charge >= 0.3 is 0 Å². The zero-order valence-electron chi connectivity index (χ0n) is 12.4. The summed E-state index contributed by atoms with van der Waals surface area (Å²) in [6.45, 7) is 14.2. The first-order chi connectivity index (χ1) is 8.28. The monoisotopic (exact) mass is 253 g/mol. The van der Waals surface area contributed by atoms with Crippen LogP contribution in [0.5, 0.6) is 0 Å². The molecule has 0 aromatic rings. The lowest BCUT2D eigenvalue weighted by atomic mass is 9.98. The first kappa shape index (κ1) is 15.4. The van der Waals surface area contributed by atoms with Crippen molar-refractivity contribution in [3.63, 3.8) is 0 Å². The lowest BCUT2D eigenvalue weighted by molar-refractivity contribution is -0.180. The van der Waals surface area contributed by atoms with Crippen LogP contribution in [-0.4, -0.2) is 48.3 Å². The van der Waals surface area contributed by atoms with Crippen LogP contribution in [0.2, 0.25) is 0 Å². The third-order valence-corrected chi connectivity index (χ3v) is 3.10. The summed E-state index contributed by atoms with van der Waals surface area (Å²) >= 11 is 0. The van der Waals surface area contributed by atoms with Crippen LogP contribution in [0.4, 0.5) is 0 Å². The van der Waals surface area contributed by atoms with E-state index in [0.717, 1.165) is 32.6 Å². The molecule has 4 heteroatoms. The molecule has 1 N–H and O–H groups in total. The molecule has 18 heavy (non-hydrogen) atoms. The van der Waals surface area contributed by atoms with Gasteiger partial charge in [0.05, 0.1) is 23.3 Å². The summed E-state index contributed by atoms with van der Waals surface area (Å²) in [5.41, 5.74) is -0.218. The maximum atomic E-state index is 9.04. The molecule has 0 amide bonds. The lowest BCUT2D eigenvalue weighted by Crippen LogP contribution is -2.57. The topological polar surface area (TPSA) is 48.3 Å². The van der Waals surface area contributed by atoms with Gasteiger partial charge in [-0.1, -0.05) is 6.92 Å². The van der Waals surface area contributed by atoms with E-state index in [1.54, 1.807) is 0 Å². The molecule has 1 fully saturated rings. The van der Waals surface area contributed by atoms with Gasteiger partial charge in [-0.05, 0) is 40.7 Å². The van der Waals surface area contributed by atoms with Crippen LogP contribution in [0.25, 0.3) is 0 Å². The quantitative estimate of drug-likeness (QED) is 0.811. The Labute approximate surface area is 111 Å². The summed E-state index contributed by atoms with van der Waals surface area (Å²) in [4.78, 5) is 2.41. The highest BCUT2D eigenvalue weighted by Crippen LogP contribution is 2.27. The van der Waals surface area contributed by atoms with Crippen molar-refractivity contribution in [2.45, 2.75) is 58.3 Å². The molecule has 0 radical (unpaired) electrons. The maximum Gasteiger partial charge on any atom is 0.0965 e. The van der Waals surface area contributed by atoms with Gasteiger partial charge in [-0.15, -0.1) is 0 Å². The minimum absolute atomic E-state index is 0.0379. The second kappa shape index (κ2) is 6.01. The van der Waals surface area contributed by atoms with Gasteiger partial charge in [0, 0.05) is 19.6 Å². The van der Waals surface area contributed by atoms with Crippen LogP contribution in [0.3, 0.4) is 0 Å². The number of nitrogens with zero attached hydrogens (tertiary/aromatic N) is 2. The molecule has 0 saturated carbocycles. The molecular weight excluding hydrogens is 226 g/mol. The fourth-order valence-corrected chi connectivity index (χ4v) is 2.87. The number of morpholine rings is 1. The minimum Gasteiger partial charge on any atom is -0.367 e. The van der Waals surface area contributed by atoms with Crippen LogP contribution in [-0.2, 0) is 4.74 Å². The van der Waals surface area contributed by atoms with E-state index in [4.69, 9.17) is 10.00 Å². The fourth-order valence-electron chi connectivity index (χ4n) is 2.87. The average molecular weight is 253 g/mol. The molecule has 0 aromatic heterocycles. The third kappa shape index (κ3) is 4.93. The Balaban J connectivity index is 2.49. The zero-order valence-corrected chi connectivity index (χ0v) is 12.4. The van der Waals surface area contributed by atoms with E-state index in [1.165, 1.54) is 0 Å². The molecule has 0 bridgehead atoms. The van der Waals surface area contributed by atoms with Gasteiger partial charge in [0.1, 0.15) is 0 Å². The highest BCUT2D eigenvalue weighted by Gasteiger charge is 2.37. The Kier molecular flexibility index (Phi) is 5.15. The highest BCUT2D eigenvalue weighted by atomic mass is 16.5. The van der Waals surface area contributed by atoms with Crippen molar-refractivity contribution in [1.29, 1.82) is 5.26 Å². The third-order valence-electron chi connectivity index (χ3n) is 3.10. The highest BCUT2D eigenvalue weighted by molar-refractivity contribution is 4.93. The number of rotatable bonds is 5. The van der Waals surface area contributed by atoms with Crippen LogP contribution < -0.4 is 5.32 Å². The molecular formula is C14H27N3O. The molecule has 104 valence electrons. The Morgan fingerprint density at radius 1 is 1.28 bits per heavy atom. The summed E-state index contributed by atoms with van der Waals surface area (Å²) in [5.74, 6) is 0. The summed E-state index contributed by atoms with van der Waals surface area (Å²) in [7, 11) is 0. The predicted octanol–water partition coefficient (Wildman–Crippen LogP) is 1.77. The maximum absolute atomic E-state index is 9.04. The van der Waals surface area contributed by atoms with Gasteiger partial charge < -0.3 is 10.1 Å². The number of nitrogens with one attached hydrogen (secondary N) is 1. The first-order valence-corrected chi connectivity index (χ1v) is 6.83. The molecule has 1 aliphatic heterocycles. The molecule has 1 unspecified atom stereocenters. The van der Waals surface area contributed by atoms with E-state index in [2.05, 4.69) is 44.0 Å². The van der Waals surface area contributed by atoms with E-state index in [9.17, 15) is 0 Å². The predicted molar refractivity (Wildman–Crippen MR) is 73.4 cm³/mol. The second-order valence-corrected chi connectivity index (χ2v) is 6.36. The van der Waals surface area contributed by atoms with Crippen LogP contribution in [0.1, 0.15) is 41.0 Å². The minimum atomic E-state index is -0.109. The van der Waals surface area contributed by atoms with E-state index in [1.807, 2.05) is 6.92 Å². The molecule has 1 rings (SSSR count). The Hall–Kier alpha value is -0.630. The van der Waals surface area contributed by atoms with Gasteiger partial charge in [-0.3, -0.25) is 4.90 Å². The van der Waals surface area contributed by atoms with Crippen molar-refractivity contribution in [2.75, 3.05) is 26.2 Å². The molecule has 0 spiro atoms. The molecule has 4 nitrogen and oxygen atoms in total. The number of ether oxygens (including phenoxy) is 1. The van der Waals surface area contributed by atoms with Crippen molar-refractivity contribution in [3.05, 3.63) is 0 Å². The van der Waals surface area contributed by atoms with Gasteiger partial charge in [0.2, 0.25) is 0 Å². The van der Waals surface area contributed by atoms with Crippen molar-refractivity contribution in [2.24, 2.45) is 0 Å². The van der Waals surface area contributed by atoms with Crippen LogP contribution in [0, 0.1) is 11.3 Å². The van der Waals surface area contributed by atoms with Gasteiger partial charge in [-0.2, -0.15) is 5.26 Å². The van der Waals surface area contributed by atoms with Crippen molar-refractivity contribution in [1.82, 2.24) is 10.2 Å². The first-order valence-electron chi connectivity index (χ1n) is 6.83. The lowest BCUT2D eigenvalue weighted by Gasteiger charge is -2.47. The Bertz CT molecular complexity index is 291. The molecule has 1 atom stereocenters. The van der Waals surface area contributed by atoms with Gasteiger partial charge in [0.15, 0.2) is 0 Å². The normalized spacial score (nSPS) is 24.4. The smallest absolute Gasteiger partial charge is 0.0965 e. The largest absolute Gasteiger partial charge is 0.367 e. The fraction of sp³-hybridized carbons (Fsp3) is 0.929. The second-order valence-electron chi connectivity index (χ2n) is 6.36. The van der Waals surface area contributed by atoms with Gasteiger partial charge in [-0.25, -0.2) is 0 Å². The SMILES string of the molecule is CCNC(C#N)CCN1CC(C)(C)OC(C)(C)C1. The number of nitriles is 1. The molecule has 1 heterocycles. The molecule has 0 aliphatic carbocycles. The van der Waals surface area contributed by atoms with Crippen molar-refractivity contribution >= 4 is 0 Å². The van der Waals surface area contributed by atoms with Crippen molar-refractivity contribution < 1.29 is 4.74 Å². The summed E-state index contributed by atoms with van der Waals surface area (Å²) in [5, 5.41) is 12.2. The summed E-state index contributed by atoms with van der Waals surface area (Å²) < 4.78 is 6.05. The van der Waals surface area contributed by atoms with Crippen molar-refractivity contribution in [3.8, 4) is 6.07 Å². The summed E-state index contributed by atoms with van der Waals surface area (Å²) in [6.07, 6.45) is 0.872. The summed E-state index contributed by atoms with van der Waals surface area (Å²) in [6, 6.07) is 2.28. The van der Waals surface area contributed by atoms with Gasteiger partial charge in [0.25, 0.3) is 0 Å². The zero-order chi connectivity index (χ0) is 13.8. The number of hydrogen-bond donors (Lipinski definition) is 1. The Morgan fingerprint density at radius 2 is 1.83 bits per heavy atom. The van der Waals surface area contributed by atoms with E-state index in [-0.39, 0.29) is 17.2 Å². The van der Waals surface area contributed by atoms with Crippen LogP contribution in [0.15, 0.2) is 0 Å². The number of hydrogen-bond acceptors (Lipinski definition) is 4. The van der Waals surface area contributed by atoms with Crippen LogP contribution >= 0.6 is 0 Å².